The maximum atomic E-state index is 11.7. The zero-order chi connectivity index (χ0) is 12.8. The SMILES string of the molecule is COCC(NC(=O)c1cc(OC)cs1)C(=O)O. The van der Waals surface area contributed by atoms with Gasteiger partial charge >= 0.3 is 5.97 Å². The van der Waals surface area contributed by atoms with Gasteiger partial charge in [0.1, 0.15) is 5.75 Å². The molecule has 1 atom stereocenters. The van der Waals surface area contributed by atoms with E-state index in [-0.39, 0.29) is 6.61 Å². The minimum atomic E-state index is -1.14. The van der Waals surface area contributed by atoms with Crippen LogP contribution in [0.4, 0.5) is 0 Å². The van der Waals surface area contributed by atoms with Gasteiger partial charge in [-0.25, -0.2) is 4.79 Å². The van der Waals surface area contributed by atoms with Gasteiger partial charge in [0.25, 0.3) is 5.91 Å². The van der Waals surface area contributed by atoms with Crippen LogP contribution in [0.3, 0.4) is 0 Å². The van der Waals surface area contributed by atoms with Crippen LogP contribution in [-0.2, 0) is 9.53 Å². The summed E-state index contributed by atoms with van der Waals surface area (Å²) < 4.78 is 9.65. The van der Waals surface area contributed by atoms with Gasteiger partial charge in [0.05, 0.1) is 18.6 Å². The highest BCUT2D eigenvalue weighted by atomic mass is 32.1. The molecule has 94 valence electrons. The minimum absolute atomic E-state index is 0.0798. The smallest absolute Gasteiger partial charge is 0.328 e. The standard InChI is InChI=1S/C10H13NO5S/c1-15-4-7(10(13)14)11-9(12)8-3-6(16-2)5-17-8/h3,5,7H,4H2,1-2H3,(H,11,12)(H,13,14). The Balaban J connectivity index is 2.66. The number of hydrogen-bond acceptors (Lipinski definition) is 5. The summed E-state index contributed by atoms with van der Waals surface area (Å²) in [6.07, 6.45) is 0. The van der Waals surface area contributed by atoms with Gasteiger partial charge in [-0.3, -0.25) is 4.79 Å². The summed E-state index contributed by atoms with van der Waals surface area (Å²) in [5, 5.41) is 12.9. The predicted molar refractivity (Wildman–Crippen MR) is 61.6 cm³/mol. The molecule has 1 amide bonds. The normalized spacial score (nSPS) is 11.9. The number of rotatable bonds is 6. The number of amides is 1. The number of carbonyl (C=O) groups excluding carboxylic acids is 1. The molecule has 6 nitrogen and oxygen atoms in total. The summed E-state index contributed by atoms with van der Waals surface area (Å²) in [6, 6.07) is 0.492. The molecule has 0 aliphatic heterocycles. The Labute approximate surface area is 102 Å². The van der Waals surface area contributed by atoms with E-state index in [1.165, 1.54) is 25.6 Å². The van der Waals surface area contributed by atoms with E-state index in [0.29, 0.717) is 10.6 Å². The average Bonchev–Trinajstić information content (AvgIpc) is 2.76. The Morgan fingerprint density at radius 3 is 2.71 bits per heavy atom. The Kier molecular flexibility index (Phi) is 4.92. The molecule has 1 aromatic heterocycles. The molecule has 0 fully saturated rings. The fourth-order valence-corrected chi connectivity index (χ4v) is 1.87. The Bertz CT molecular complexity index is 403. The average molecular weight is 259 g/mol. The van der Waals surface area contributed by atoms with Crippen molar-refractivity contribution in [1.29, 1.82) is 0 Å². The highest BCUT2D eigenvalue weighted by Gasteiger charge is 2.21. The van der Waals surface area contributed by atoms with Gasteiger partial charge in [-0.05, 0) is 0 Å². The molecule has 0 aliphatic rings. The highest BCUT2D eigenvalue weighted by Crippen LogP contribution is 2.20. The van der Waals surface area contributed by atoms with Crippen LogP contribution in [0.2, 0.25) is 0 Å². The highest BCUT2D eigenvalue weighted by molar-refractivity contribution is 7.12. The van der Waals surface area contributed by atoms with Gasteiger partial charge in [-0.2, -0.15) is 0 Å². The zero-order valence-corrected chi connectivity index (χ0v) is 10.2. The quantitative estimate of drug-likeness (QED) is 0.781. The lowest BCUT2D eigenvalue weighted by atomic mass is 10.3. The third-order valence-corrected chi connectivity index (χ3v) is 2.88. The number of nitrogens with one attached hydrogen (secondary N) is 1. The molecule has 0 saturated carbocycles. The molecule has 1 aromatic rings. The summed E-state index contributed by atoms with van der Waals surface area (Å²) in [5.41, 5.74) is 0. The molecular weight excluding hydrogens is 246 g/mol. The number of carboxylic acid groups (broad SMARTS) is 1. The molecule has 1 rings (SSSR count). The Hall–Kier alpha value is -1.60. The first-order valence-corrected chi connectivity index (χ1v) is 5.61. The van der Waals surface area contributed by atoms with Crippen LogP contribution in [0, 0.1) is 0 Å². The molecule has 2 N–H and O–H groups in total. The van der Waals surface area contributed by atoms with Crippen LogP contribution in [0.25, 0.3) is 0 Å². The van der Waals surface area contributed by atoms with Crippen molar-refractivity contribution in [3.63, 3.8) is 0 Å². The first-order chi connectivity index (χ1) is 8.08. The molecule has 7 heteroatoms. The van der Waals surface area contributed by atoms with Gasteiger partial charge in [-0.15, -0.1) is 11.3 Å². The molecule has 0 bridgehead atoms. The van der Waals surface area contributed by atoms with Crippen molar-refractivity contribution in [2.75, 3.05) is 20.8 Å². The third kappa shape index (κ3) is 3.72. The van der Waals surface area contributed by atoms with Crippen molar-refractivity contribution in [2.45, 2.75) is 6.04 Å². The number of carbonyl (C=O) groups is 2. The molecule has 0 spiro atoms. The molecule has 1 heterocycles. The summed E-state index contributed by atoms with van der Waals surface area (Å²) in [5.74, 6) is -1.02. The third-order valence-electron chi connectivity index (χ3n) is 1.97. The lowest BCUT2D eigenvalue weighted by Gasteiger charge is -2.12. The second-order valence-corrected chi connectivity index (χ2v) is 4.08. The van der Waals surface area contributed by atoms with Gasteiger partial charge in [-0.1, -0.05) is 0 Å². The van der Waals surface area contributed by atoms with Crippen LogP contribution in [0.5, 0.6) is 5.75 Å². The van der Waals surface area contributed by atoms with Crippen molar-refractivity contribution in [3.05, 3.63) is 16.3 Å². The van der Waals surface area contributed by atoms with Crippen LogP contribution in [0.1, 0.15) is 9.67 Å². The predicted octanol–water partition coefficient (Wildman–Crippen LogP) is 0.586. The Morgan fingerprint density at radius 2 is 2.24 bits per heavy atom. The molecule has 1 unspecified atom stereocenters. The van der Waals surface area contributed by atoms with E-state index in [1.807, 2.05) is 0 Å². The molecule has 0 aliphatic carbocycles. The second kappa shape index (κ2) is 6.21. The van der Waals surface area contributed by atoms with E-state index in [2.05, 4.69) is 5.32 Å². The number of methoxy groups -OCH3 is 2. The van der Waals surface area contributed by atoms with Crippen LogP contribution in [0.15, 0.2) is 11.4 Å². The van der Waals surface area contributed by atoms with Gasteiger partial charge in [0.15, 0.2) is 6.04 Å². The maximum absolute atomic E-state index is 11.7. The number of carboxylic acids is 1. The first-order valence-electron chi connectivity index (χ1n) is 4.73. The largest absolute Gasteiger partial charge is 0.496 e. The summed E-state index contributed by atoms with van der Waals surface area (Å²) >= 11 is 1.18. The lowest BCUT2D eigenvalue weighted by Crippen LogP contribution is -2.43. The number of aliphatic carboxylic acids is 1. The summed E-state index contributed by atoms with van der Waals surface area (Å²) in [6.45, 7) is -0.0798. The first kappa shape index (κ1) is 13.5. The van der Waals surface area contributed by atoms with Gasteiger partial charge in [0, 0.05) is 18.6 Å². The topological polar surface area (TPSA) is 84.9 Å². The van der Waals surface area contributed by atoms with Gasteiger partial charge in [0.2, 0.25) is 0 Å². The fourth-order valence-electron chi connectivity index (χ4n) is 1.12. The van der Waals surface area contributed by atoms with Crippen molar-refractivity contribution in [1.82, 2.24) is 5.32 Å². The molecule has 0 saturated heterocycles. The molecule has 0 radical (unpaired) electrons. The van der Waals surface area contributed by atoms with Crippen molar-refractivity contribution in [3.8, 4) is 5.75 Å². The number of ether oxygens (including phenoxy) is 2. The van der Waals surface area contributed by atoms with Gasteiger partial charge < -0.3 is 19.9 Å². The lowest BCUT2D eigenvalue weighted by molar-refractivity contribution is -0.140. The van der Waals surface area contributed by atoms with E-state index < -0.39 is 17.9 Å². The second-order valence-electron chi connectivity index (χ2n) is 3.17. The van der Waals surface area contributed by atoms with Crippen LogP contribution < -0.4 is 10.1 Å². The summed E-state index contributed by atoms with van der Waals surface area (Å²) in [4.78, 5) is 22.9. The maximum Gasteiger partial charge on any atom is 0.328 e. The monoisotopic (exact) mass is 259 g/mol. The van der Waals surface area contributed by atoms with E-state index in [4.69, 9.17) is 14.6 Å². The summed E-state index contributed by atoms with van der Waals surface area (Å²) in [7, 11) is 2.87. The van der Waals surface area contributed by atoms with E-state index in [1.54, 1.807) is 11.4 Å². The fraction of sp³-hybridized carbons (Fsp3) is 0.400. The Morgan fingerprint density at radius 1 is 1.53 bits per heavy atom. The number of hydrogen-bond donors (Lipinski definition) is 2. The molecular formula is C10H13NO5S. The van der Waals surface area contributed by atoms with Crippen molar-refractivity contribution in [2.24, 2.45) is 0 Å². The van der Waals surface area contributed by atoms with Crippen LogP contribution >= 0.6 is 11.3 Å². The number of thiophene rings is 1. The van der Waals surface area contributed by atoms with Crippen molar-refractivity contribution >= 4 is 23.2 Å². The van der Waals surface area contributed by atoms with E-state index in [9.17, 15) is 9.59 Å². The van der Waals surface area contributed by atoms with Crippen LogP contribution in [-0.4, -0.2) is 43.9 Å². The molecule has 0 aromatic carbocycles. The zero-order valence-electron chi connectivity index (χ0n) is 9.43. The van der Waals surface area contributed by atoms with Crippen molar-refractivity contribution < 1.29 is 24.2 Å². The van der Waals surface area contributed by atoms with E-state index >= 15 is 0 Å². The minimum Gasteiger partial charge on any atom is -0.496 e. The van der Waals surface area contributed by atoms with E-state index in [0.717, 1.165) is 0 Å². The molecule has 17 heavy (non-hydrogen) atoms.